The van der Waals surface area contributed by atoms with Crippen LogP contribution in [0.15, 0.2) is 47.5 Å². The van der Waals surface area contributed by atoms with E-state index in [9.17, 15) is 14.4 Å². The number of hydrogen-bond donors (Lipinski definition) is 2. The highest BCUT2D eigenvalue weighted by Gasteiger charge is 2.30. The van der Waals surface area contributed by atoms with E-state index in [0.717, 1.165) is 35.3 Å². The first-order chi connectivity index (χ1) is 19.7. The molecule has 2 N–H and O–H groups in total. The zero-order chi connectivity index (χ0) is 29.3. The molecule has 10 nitrogen and oxygen atoms in total. The number of piperidine rings is 1. The van der Waals surface area contributed by atoms with E-state index < -0.39 is 0 Å². The quantitative estimate of drug-likeness (QED) is 0.341. The Bertz CT molecular complexity index is 1640. The fourth-order valence-electron chi connectivity index (χ4n) is 6.15. The highest BCUT2D eigenvalue weighted by molar-refractivity contribution is 6.08. The number of carbonyl (C=O) groups is 2. The number of hydrogen-bond acceptors (Lipinski definition) is 5. The number of likely N-dealkylation sites (tertiary alicyclic amines) is 1. The molecule has 0 spiro atoms. The van der Waals surface area contributed by atoms with E-state index in [0.29, 0.717) is 48.1 Å². The number of carbonyl (C=O) groups excluding carboxylic acids is 2. The molecule has 0 radical (unpaired) electrons. The number of methoxy groups -OCH3 is 1. The molecule has 0 unspecified atom stereocenters. The number of rotatable bonds is 8. The number of aromatic amines is 1. The minimum atomic E-state index is -0.278. The Hall–Kier alpha value is -4.34. The molecular formula is C31H38N6O4. The fourth-order valence-corrected chi connectivity index (χ4v) is 6.15. The molecule has 3 aromatic heterocycles. The highest BCUT2D eigenvalue weighted by Crippen LogP contribution is 2.36. The van der Waals surface area contributed by atoms with Crippen LogP contribution in [0, 0.1) is 26.7 Å². The molecule has 10 heteroatoms. The zero-order valence-electron chi connectivity index (χ0n) is 24.4. The SMILES string of the molecule is COc1cc(C)[nH]c(=O)c1CNC(=O)c1c(C)n([C@H](C)C2CCN(C(=O)Cn3ccnc3C)CC2)c2ccccc12. The summed E-state index contributed by atoms with van der Waals surface area (Å²) in [5.74, 6) is 1.52. The number of benzene rings is 1. The third-order valence-electron chi connectivity index (χ3n) is 8.47. The van der Waals surface area contributed by atoms with Gasteiger partial charge in [-0.15, -0.1) is 0 Å². The second-order valence-corrected chi connectivity index (χ2v) is 10.9. The van der Waals surface area contributed by atoms with Crippen molar-refractivity contribution in [2.45, 2.75) is 59.7 Å². The highest BCUT2D eigenvalue weighted by atomic mass is 16.5. The summed E-state index contributed by atoms with van der Waals surface area (Å²) < 4.78 is 9.53. The second kappa shape index (κ2) is 11.6. The van der Waals surface area contributed by atoms with Crippen LogP contribution in [0.5, 0.6) is 5.75 Å². The number of aryl methyl sites for hydroxylation is 2. The Morgan fingerprint density at radius 1 is 1.17 bits per heavy atom. The van der Waals surface area contributed by atoms with Crippen LogP contribution in [0.3, 0.4) is 0 Å². The molecule has 4 aromatic rings. The number of ether oxygens (including phenoxy) is 1. The Kier molecular flexibility index (Phi) is 8.01. The van der Waals surface area contributed by atoms with E-state index in [-0.39, 0.29) is 30.0 Å². The fraction of sp³-hybridized carbons (Fsp3) is 0.419. The topological polar surface area (TPSA) is 114 Å². The molecule has 1 fully saturated rings. The van der Waals surface area contributed by atoms with E-state index in [1.165, 1.54) is 7.11 Å². The predicted octanol–water partition coefficient (Wildman–Crippen LogP) is 3.89. The molecular weight excluding hydrogens is 520 g/mol. The molecule has 216 valence electrons. The summed E-state index contributed by atoms with van der Waals surface area (Å²) in [7, 11) is 1.51. The maximum atomic E-state index is 13.6. The number of fused-ring (bicyclic) bond motifs is 1. The van der Waals surface area contributed by atoms with Crippen molar-refractivity contribution >= 4 is 22.7 Å². The Labute approximate surface area is 239 Å². The van der Waals surface area contributed by atoms with Crippen molar-refractivity contribution in [3.05, 3.63) is 81.4 Å². The van der Waals surface area contributed by atoms with E-state index in [2.05, 4.69) is 32.8 Å². The molecule has 5 rings (SSSR count). The average Bonchev–Trinajstić information content (AvgIpc) is 3.50. The summed E-state index contributed by atoms with van der Waals surface area (Å²) in [5, 5.41) is 3.83. The second-order valence-electron chi connectivity index (χ2n) is 10.9. The van der Waals surface area contributed by atoms with E-state index in [4.69, 9.17) is 4.74 Å². The lowest BCUT2D eigenvalue weighted by Crippen LogP contribution is -2.41. The number of aromatic nitrogens is 4. The molecule has 0 bridgehead atoms. The van der Waals surface area contributed by atoms with Crippen molar-refractivity contribution < 1.29 is 14.3 Å². The monoisotopic (exact) mass is 558 g/mol. The van der Waals surface area contributed by atoms with Gasteiger partial charge in [0, 0.05) is 53.8 Å². The summed E-state index contributed by atoms with van der Waals surface area (Å²) in [6, 6.07) is 9.83. The molecule has 2 amide bonds. The van der Waals surface area contributed by atoms with E-state index in [1.54, 1.807) is 19.2 Å². The minimum Gasteiger partial charge on any atom is -0.496 e. The van der Waals surface area contributed by atoms with Gasteiger partial charge in [0.2, 0.25) is 5.91 Å². The van der Waals surface area contributed by atoms with Gasteiger partial charge in [-0.1, -0.05) is 18.2 Å². The first-order valence-corrected chi connectivity index (χ1v) is 14.1. The molecule has 1 aromatic carbocycles. The van der Waals surface area contributed by atoms with Crippen LogP contribution >= 0.6 is 0 Å². The van der Waals surface area contributed by atoms with Crippen molar-refractivity contribution in [3.63, 3.8) is 0 Å². The molecule has 0 aliphatic carbocycles. The van der Waals surface area contributed by atoms with Crippen molar-refractivity contribution in [1.82, 2.24) is 29.3 Å². The first kappa shape index (κ1) is 28.2. The first-order valence-electron chi connectivity index (χ1n) is 14.1. The van der Waals surface area contributed by atoms with E-state index >= 15 is 0 Å². The average molecular weight is 559 g/mol. The number of nitrogens with one attached hydrogen (secondary N) is 2. The number of amides is 2. The molecule has 4 heterocycles. The number of para-hydroxylation sites is 1. The normalized spacial score (nSPS) is 14.8. The van der Waals surface area contributed by atoms with Gasteiger partial charge in [-0.3, -0.25) is 14.4 Å². The third-order valence-corrected chi connectivity index (χ3v) is 8.47. The van der Waals surface area contributed by atoms with Gasteiger partial charge in [0.05, 0.1) is 24.8 Å². The molecule has 0 saturated carbocycles. The Balaban J connectivity index is 1.33. The molecule has 1 atom stereocenters. The van der Waals surface area contributed by atoms with Crippen LogP contribution in [0.1, 0.15) is 58.9 Å². The maximum absolute atomic E-state index is 13.6. The smallest absolute Gasteiger partial charge is 0.256 e. The van der Waals surface area contributed by atoms with Crippen LogP contribution < -0.4 is 15.6 Å². The number of nitrogens with zero attached hydrogens (tertiary/aromatic N) is 4. The van der Waals surface area contributed by atoms with Crippen LogP contribution in [-0.2, 0) is 17.9 Å². The summed E-state index contributed by atoms with van der Waals surface area (Å²) in [6.45, 7) is 9.66. The van der Waals surface area contributed by atoms with Gasteiger partial charge < -0.3 is 29.1 Å². The van der Waals surface area contributed by atoms with Crippen LogP contribution in [0.25, 0.3) is 10.9 Å². The standard InChI is InChI=1S/C31H38N6O4/c1-19-16-27(41-5)25(30(39)34-19)17-33-31(40)29-21(3)37(26-9-7-6-8-24(26)29)20(2)23-10-13-35(14-11-23)28(38)18-36-15-12-32-22(36)4/h6-9,12,15-16,20,23H,10-11,13-14,17-18H2,1-5H3,(H,33,40)(H,34,39)/t20-/m1/s1. The lowest BCUT2D eigenvalue weighted by Gasteiger charge is -2.36. The zero-order valence-corrected chi connectivity index (χ0v) is 24.4. The maximum Gasteiger partial charge on any atom is 0.256 e. The lowest BCUT2D eigenvalue weighted by molar-refractivity contribution is -0.133. The van der Waals surface area contributed by atoms with Crippen molar-refractivity contribution in [1.29, 1.82) is 0 Å². The summed E-state index contributed by atoms with van der Waals surface area (Å²) in [5.41, 5.74) is 3.29. The van der Waals surface area contributed by atoms with Gasteiger partial charge in [-0.2, -0.15) is 0 Å². The minimum absolute atomic E-state index is 0.0528. The molecule has 1 aliphatic heterocycles. The summed E-state index contributed by atoms with van der Waals surface area (Å²) in [4.78, 5) is 48.0. The van der Waals surface area contributed by atoms with Gasteiger partial charge >= 0.3 is 0 Å². The number of pyridine rings is 1. The summed E-state index contributed by atoms with van der Waals surface area (Å²) >= 11 is 0. The van der Waals surface area contributed by atoms with Gasteiger partial charge in [-0.25, -0.2) is 4.98 Å². The van der Waals surface area contributed by atoms with Crippen molar-refractivity contribution in [3.8, 4) is 5.75 Å². The number of H-pyrrole nitrogens is 1. The Morgan fingerprint density at radius 2 is 1.90 bits per heavy atom. The number of imidazole rings is 1. The predicted molar refractivity (Wildman–Crippen MR) is 157 cm³/mol. The van der Waals surface area contributed by atoms with Crippen LogP contribution in [0.4, 0.5) is 0 Å². The largest absolute Gasteiger partial charge is 0.496 e. The van der Waals surface area contributed by atoms with Gasteiger partial charge in [0.15, 0.2) is 0 Å². The van der Waals surface area contributed by atoms with Gasteiger partial charge in [0.1, 0.15) is 18.1 Å². The van der Waals surface area contributed by atoms with Crippen LogP contribution in [-0.4, -0.2) is 56.0 Å². The van der Waals surface area contributed by atoms with Crippen LogP contribution in [0.2, 0.25) is 0 Å². The molecule has 1 saturated heterocycles. The van der Waals surface area contributed by atoms with E-state index in [1.807, 2.05) is 47.7 Å². The lowest BCUT2D eigenvalue weighted by atomic mass is 9.90. The van der Waals surface area contributed by atoms with Crippen molar-refractivity contribution in [2.24, 2.45) is 5.92 Å². The molecule has 41 heavy (non-hydrogen) atoms. The molecule has 1 aliphatic rings. The van der Waals surface area contributed by atoms with Gasteiger partial charge in [-0.05, 0) is 58.6 Å². The summed E-state index contributed by atoms with van der Waals surface area (Å²) in [6.07, 6.45) is 5.33. The van der Waals surface area contributed by atoms with Crippen molar-refractivity contribution in [2.75, 3.05) is 20.2 Å². The third kappa shape index (κ3) is 5.51. The Morgan fingerprint density at radius 3 is 2.59 bits per heavy atom. The van der Waals surface area contributed by atoms with Gasteiger partial charge in [0.25, 0.3) is 11.5 Å².